The van der Waals surface area contributed by atoms with E-state index in [1.165, 1.54) is 44.9 Å². The molecule has 0 aliphatic heterocycles. The molecule has 1 aromatic carbocycles. The fourth-order valence-electron chi connectivity index (χ4n) is 3.04. The number of aliphatic hydroxyl groups excluding tert-OH is 1. The summed E-state index contributed by atoms with van der Waals surface area (Å²) in [7, 11) is 0. The van der Waals surface area contributed by atoms with E-state index in [4.69, 9.17) is 4.74 Å². The van der Waals surface area contributed by atoms with E-state index in [9.17, 15) is 5.11 Å². The van der Waals surface area contributed by atoms with Crippen LogP contribution in [0, 0.1) is 11.8 Å². The van der Waals surface area contributed by atoms with Crippen molar-refractivity contribution in [1.82, 2.24) is 9.97 Å². The van der Waals surface area contributed by atoms with Gasteiger partial charge in [-0.25, -0.2) is 9.97 Å². The molecule has 1 unspecified atom stereocenters. The number of benzene rings is 1. The quantitative estimate of drug-likeness (QED) is 0.366. The molecule has 0 aliphatic carbocycles. The van der Waals surface area contributed by atoms with E-state index in [0.717, 1.165) is 17.5 Å². The Balaban J connectivity index is 1.79. The summed E-state index contributed by atoms with van der Waals surface area (Å²) in [5, 5.41) is 9.37. The number of hydrogen-bond acceptors (Lipinski definition) is 4. The fourth-order valence-corrected chi connectivity index (χ4v) is 3.04. The average molecular weight is 395 g/mol. The molecule has 1 aromatic heterocycles. The lowest BCUT2D eigenvalue weighted by Crippen LogP contribution is -1.99. The minimum Gasteiger partial charge on any atom is -0.490 e. The van der Waals surface area contributed by atoms with Gasteiger partial charge in [0.25, 0.3) is 0 Å². The second-order valence-corrected chi connectivity index (χ2v) is 7.47. The zero-order chi connectivity index (χ0) is 20.7. The zero-order valence-electron chi connectivity index (χ0n) is 17.9. The maximum atomic E-state index is 9.37. The monoisotopic (exact) mass is 394 g/mol. The summed E-state index contributed by atoms with van der Waals surface area (Å²) < 4.78 is 5.78. The predicted octanol–water partition coefficient (Wildman–Crippen LogP) is 5.79. The summed E-state index contributed by atoms with van der Waals surface area (Å²) in [5.41, 5.74) is 1.75. The largest absolute Gasteiger partial charge is 0.490 e. The molecule has 0 saturated heterocycles. The Labute approximate surface area is 175 Å². The Morgan fingerprint density at radius 1 is 0.966 bits per heavy atom. The van der Waals surface area contributed by atoms with Gasteiger partial charge in [0.15, 0.2) is 11.6 Å². The van der Waals surface area contributed by atoms with Gasteiger partial charge in [-0.2, -0.15) is 0 Å². The Kier molecular flexibility index (Phi) is 10.9. The number of unbranched alkanes of at least 4 members (excludes halogenated alkanes) is 7. The molecule has 0 fully saturated rings. The summed E-state index contributed by atoms with van der Waals surface area (Å²) in [6, 6.07) is 7.80. The van der Waals surface area contributed by atoms with Gasteiger partial charge < -0.3 is 9.84 Å². The summed E-state index contributed by atoms with van der Waals surface area (Å²) in [6.07, 6.45) is 13.8. The van der Waals surface area contributed by atoms with Crippen LogP contribution in [0.4, 0.5) is 0 Å². The number of aliphatic hydroxyl groups is 1. The molecule has 156 valence electrons. The average Bonchev–Trinajstić information content (AvgIpc) is 2.73. The van der Waals surface area contributed by atoms with Crippen LogP contribution in [0.3, 0.4) is 0 Å². The molecule has 2 aromatic rings. The molecule has 0 spiro atoms. The Morgan fingerprint density at radius 2 is 1.62 bits per heavy atom. The van der Waals surface area contributed by atoms with Crippen LogP contribution in [-0.4, -0.2) is 27.8 Å². The summed E-state index contributed by atoms with van der Waals surface area (Å²) in [4.78, 5) is 8.91. The van der Waals surface area contributed by atoms with Gasteiger partial charge in [-0.05, 0) is 25.5 Å². The van der Waals surface area contributed by atoms with E-state index < -0.39 is 6.10 Å². The molecule has 0 bridgehead atoms. The van der Waals surface area contributed by atoms with Gasteiger partial charge in [0.1, 0.15) is 0 Å². The Hall–Kier alpha value is -2.38. The second kappa shape index (κ2) is 13.7. The normalized spacial score (nSPS) is 11.6. The van der Waals surface area contributed by atoms with Crippen LogP contribution in [-0.2, 0) is 0 Å². The number of hydrogen-bond donors (Lipinski definition) is 1. The van der Waals surface area contributed by atoms with Crippen LogP contribution in [0.15, 0.2) is 36.7 Å². The van der Waals surface area contributed by atoms with E-state index in [-0.39, 0.29) is 0 Å². The molecule has 4 nitrogen and oxygen atoms in total. The van der Waals surface area contributed by atoms with Crippen molar-refractivity contribution in [2.45, 2.75) is 77.7 Å². The number of rotatable bonds is 12. The van der Waals surface area contributed by atoms with E-state index in [1.54, 1.807) is 19.3 Å². The molecule has 29 heavy (non-hydrogen) atoms. The maximum Gasteiger partial charge on any atom is 0.160 e. The van der Waals surface area contributed by atoms with Gasteiger partial charge in [0, 0.05) is 17.5 Å². The second-order valence-electron chi connectivity index (χ2n) is 7.47. The van der Waals surface area contributed by atoms with Crippen molar-refractivity contribution < 1.29 is 9.84 Å². The summed E-state index contributed by atoms with van der Waals surface area (Å²) in [5.74, 6) is 7.44. The van der Waals surface area contributed by atoms with Crippen LogP contribution >= 0.6 is 0 Å². The Bertz CT molecular complexity index is 760. The minimum atomic E-state index is -0.427. The SMILES string of the molecule is CCCCCCCCCCOc1cnc(-c2ccccc2C#CCC(C)O)nc1. The van der Waals surface area contributed by atoms with Crippen molar-refractivity contribution in [3.8, 4) is 29.0 Å². The third-order valence-electron chi connectivity index (χ3n) is 4.68. The zero-order valence-corrected chi connectivity index (χ0v) is 17.9. The molecule has 1 heterocycles. The number of nitrogens with zero attached hydrogens (tertiary/aromatic N) is 2. The molecule has 0 saturated carbocycles. The molecule has 2 rings (SSSR count). The van der Waals surface area contributed by atoms with E-state index in [1.807, 2.05) is 24.3 Å². The maximum absolute atomic E-state index is 9.37. The summed E-state index contributed by atoms with van der Waals surface area (Å²) >= 11 is 0. The topological polar surface area (TPSA) is 55.2 Å². The number of aromatic nitrogens is 2. The van der Waals surface area contributed by atoms with E-state index >= 15 is 0 Å². The van der Waals surface area contributed by atoms with Crippen molar-refractivity contribution >= 4 is 0 Å². The molecular weight excluding hydrogens is 360 g/mol. The van der Waals surface area contributed by atoms with Gasteiger partial charge in [-0.15, -0.1) is 0 Å². The highest BCUT2D eigenvalue weighted by Gasteiger charge is 2.06. The molecule has 0 radical (unpaired) electrons. The summed E-state index contributed by atoms with van der Waals surface area (Å²) in [6.45, 7) is 4.69. The first-order chi connectivity index (χ1) is 14.2. The van der Waals surface area contributed by atoms with Crippen LogP contribution in [0.5, 0.6) is 5.75 Å². The lowest BCUT2D eigenvalue weighted by atomic mass is 10.1. The molecular formula is C25H34N2O2. The number of ether oxygens (including phenoxy) is 1. The van der Waals surface area contributed by atoms with Crippen LogP contribution in [0.2, 0.25) is 0 Å². The smallest absolute Gasteiger partial charge is 0.160 e. The van der Waals surface area contributed by atoms with Crippen molar-refractivity contribution in [2.75, 3.05) is 6.61 Å². The van der Waals surface area contributed by atoms with Crippen molar-refractivity contribution in [3.05, 3.63) is 42.2 Å². The highest BCUT2D eigenvalue weighted by molar-refractivity contribution is 5.65. The van der Waals surface area contributed by atoms with Gasteiger partial charge in [0.05, 0.1) is 25.1 Å². The third kappa shape index (κ3) is 9.11. The predicted molar refractivity (Wildman–Crippen MR) is 119 cm³/mol. The van der Waals surface area contributed by atoms with Gasteiger partial charge in [-0.3, -0.25) is 0 Å². The molecule has 0 amide bonds. The first-order valence-electron chi connectivity index (χ1n) is 10.9. The van der Waals surface area contributed by atoms with E-state index in [0.29, 0.717) is 24.6 Å². The standard InChI is InChI=1S/C25H34N2O2/c1-3-4-5-6-7-8-9-12-18-29-23-19-26-25(27-20-23)24-17-11-10-15-22(24)16-13-14-21(2)28/h10-11,15,17,19-21,28H,3-9,12,14,18H2,1-2H3. The van der Waals surface area contributed by atoms with Gasteiger partial charge in [0.2, 0.25) is 0 Å². The van der Waals surface area contributed by atoms with Crippen LogP contribution in [0.1, 0.15) is 77.2 Å². The van der Waals surface area contributed by atoms with Gasteiger partial charge >= 0.3 is 0 Å². The Morgan fingerprint density at radius 3 is 2.31 bits per heavy atom. The molecule has 4 heteroatoms. The van der Waals surface area contributed by atoms with Crippen LogP contribution in [0.25, 0.3) is 11.4 Å². The lowest BCUT2D eigenvalue weighted by molar-refractivity contribution is 0.201. The highest BCUT2D eigenvalue weighted by atomic mass is 16.5. The van der Waals surface area contributed by atoms with E-state index in [2.05, 4.69) is 28.7 Å². The van der Waals surface area contributed by atoms with Crippen molar-refractivity contribution in [1.29, 1.82) is 0 Å². The molecule has 1 atom stereocenters. The third-order valence-corrected chi connectivity index (χ3v) is 4.68. The van der Waals surface area contributed by atoms with Crippen LogP contribution < -0.4 is 4.74 Å². The first-order valence-corrected chi connectivity index (χ1v) is 10.9. The molecule has 0 aliphatic rings. The molecule has 1 N–H and O–H groups in total. The van der Waals surface area contributed by atoms with Gasteiger partial charge in [-0.1, -0.05) is 75.8 Å². The highest BCUT2D eigenvalue weighted by Crippen LogP contribution is 2.20. The fraction of sp³-hybridized carbons (Fsp3) is 0.520. The first kappa shape index (κ1) is 22.9. The van der Waals surface area contributed by atoms with Crippen molar-refractivity contribution in [3.63, 3.8) is 0 Å². The minimum absolute atomic E-state index is 0.427. The lowest BCUT2D eigenvalue weighted by Gasteiger charge is -2.07. The van der Waals surface area contributed by atoms with Crippen molar-refractivity contribution in [2.24, 2.45) is 0 Å².